The van der Waals surface area contributed by atoms with Gasteiger partial charge in [-0.2, -0.15) is 0 Å². The quantitative estimate of drug-likeness (QED) is 0.836. The first-order valence-electron chi connectivity index (χ1n) is 7.73. The summed E-state index contributed by atoms with van der Waals surface area (Å²) in [5, 5.41) is 2.86. The van der Waals surface area contributed by atoms with Crippen LogP contribution in [0.5, 0.6) is 5.75 Å². The molecule has 0 aliphatic carbocycles. The van der Waals surface area contributed by atoms with Crippen molar-refractivity contribution in [3.8, 4) is 5.75 Å². The molecule has 1 fully saturated rings. The standard InChI is InChI=1S/C15H15F3N4O3S/c16-15(17,18)25-8-3-4-9-11(6-8)26-14(20-9)21-13(24)10-2-1-5-22(10)12(23)7-19/h3-4,6,10H,1-2,5,7,19H2,(H,20,21,24)/t10-/m1/s1. The van der Waals surface area contributed by atoms with Crippen LogP contribution in [-0.2, 0) is 9.59 Å². The van der Waals surface area contributed by atoms with E-state index in [1.165, 1.54) is 17.0 Å². The summed E-state index contributed by atoms with van der Waals surface area (Å²) in [7, 11) is 0. The van der Waals surface area contributed by atoms with Gasteiger partial charge in [-0.05, 0) is 25.0 Å². The molecule has 11 heteroatoms. The van der Waals surface area contributed by atoms with Gasteiger partial charge in [0, 0.05) is 12.6 Å². The van der Waals surface area contributed by atoms with Crippen molar-refractivity contribution < 1.29 is 27.5 Å². The summed E-state index contributed by atoms with van der Waals surface area (Å²) >= 11 is 1.02. The molecule has 1 aromatic heterocycles. The molecule has 0 unspecified atom stereocenters. The first-order valence-corrected chi connectivity index (χ1v) is 8.55. The smallest absolute Gasteiger partial charge is 0.406 e. The number of likely N-dealkylation sites (tertiary alicyclic amines) is 1. The van der Waals surface area contributed by atoms with Crippen molar-refractivity contribution in [2.75, 3.05) is 18.4 Å². The number of carbonyl (C=O) groups is 2. The Morgan fingerprint density at radius 3 is 2.88 bits per heavy atom. The van der Waals surface area contributed by atoms with Gasteiger partial charge in [0.05, 0.1) is 16.8 Å². The minimum Gasteiger partial charge on any atom is -0.406 e. The summed E-state index contributed by atoms with van der Waals surface area (Å²) in [5.74, 6) is -1.06. The van der Waals surface area contributed by atoms with Crippen molar-refractivity contribution in [2.24, 2.45) is 5.73 Å². The van der Waals surface area contributed by atoms with E-state index in [-0.39, 0.29) is 23.3 Å². The summed E-state index contributed by atoms with van der Waals surface area (Å²) in [6, 6.07) is 3.11. The highest BCUT2D eigenvalue weighted by Crippen LogP contribution is 2.32. The van der Waals surface area contributed by atoms with Crippen molar-refractivity contribution >= 4 is 38.5 Å². The highest BCUT2D eigenvalue weighted by molar-refractivity contribution is 7.22. The van der Waals surface area contributed by atoms with Crippen molar-refractivity contribution in [1.29, 1.82) is 0 Å². The number of nitrogens with one attached hydrogen (secondary N) is 1. The number of anilines is 1. The minimum atomic E-state index is -4.78. The van der Waals surface area contributed by atoms with Gasteiger partial charge < -0.3 is 20.7 Å². The average Bonchev–Trinajstić information content (AvgIpc) is 3.18. The third-order valence-electron chi connectivity index (χ3n) is 3.87. The predicted octanol–water partition coefficient (Wildman–Crippen LogP) is 2.08. The van der Waals surface area contributed by atoms with Crippen LogP contribution in [0.1, 0.15) is 12.8 Å². The van der Waals surface area contributed by atoms with Crippen molar-refractivity contribution in [3.05, 3.63) is 18.2 Å². The largest absolute Gasteiger partial charge is 0.573 e. The lowest BCUT2D eigenvalue weighted by atomic mass is 10.2. The van der Waals surface area contributed by atoms with Gasteiger partial charge in [-0.15, -0.1) is 13.2 Å². The Hall–Kier alpha value is -2.40. The second-order valence-corrected chi connectivity index (χ2v) is 6.67. The lowest BCUT2D eigenvalue weighted by Gasteiger charge is -2.22. The number of aromatic nitrogens is 1. The van der Waals surface area contributed by atoms with Gasteiger partial charge in [0.1, 0.15) is 11.8 Å². The first-order chi connectivity index (χ1) is 12.3. The van der Waals surface area contributed by atoms with E-state index in [1.54, 1.807) is 0 Å². The number of fused-ring (bicyclic) bond motifs is 1. The molecule has 0 bridgehead atoms. The maximum Gasteiger partial charge on any atom is 0.573 e. The molecule has 0 radical (unpaired) electrons. The number of benzene rings is 1. The fraction of sp³-hybridized carbons (Fsp3) is 0.400. The van der Waals surface area contributed by atoms with Crippen LogP contribution in [0, 0.1) is 0 Å². The molecule has 2 aromatic rings. The Morgan fingerprint density at radius 2 is 2.19 bits per heavy atom. The van der Waals surface area contributed by atoms with Gasteiger partial charge in [0.15, 0.2) is 5.13 Å². The molecule has 1 aliphatic heterocycles. The van der Waals surface area contributed by atoms with Crippen molar-refractivity contribution in [3.63, 3.8) is 0 Å². The number of thiazole rings is 1. The molecule has 2 amide bonds. The molecular weight excluding hydrogens is 373 g/mol. The average molecular weight is 388 g/mol. The van der Waals surface area contributed by atoms with E-state index < -0.39 is 18.3 Å². The minimum absolute atomic E-state index is 0.174. The summed E-state index contributed by atoms with van der Waals surface area (Å²) in [6.07, 6.45) is -3.56. The first kappa shape index (κ1) is 18.4. The zero-order valence-corrected chi connectivity index (χ0v) is 14.2. The third-order valence-corrected chi connectivity index (χ3v) is 4.81. The van der Waals surface area contributed by atoms with E-state index in [2.05, 4.69) is 15.0 Å². The number of hydrogen-bond acceptors (Lipinski definition) is 6. The molecular formula is C15H15F3N4O3S. The number of nitrogens with two attached hydrogens (primary N) is 1. The molecule has 1 saturated heterocycles. The van der Waals surface area contributed by atoms with Crippen LogP contribution in [0.25, 0.3) is 10.2 Å². The molecule has 3 N–H and O–H groups in total. The topological polar surface area (TPSA) is 97.6 Å². The molecule has 26 heavy (non-hydrogen) atoms. The summed E-state index contributed by atoms with van der Waals surface area (Å²) < 4.78 is 41.2. The van der Waals surface area contributed by atoms with Gasteiger partial charge in [-0.1, -0.05) is 11.3 Å². The Morgan fingerprint density at radius 1 is 1.42 bits per heavy atom. The number of ether oxygens (including phenoxy) is 1. The fourth-order valence-electron chi connectivity index (χ4n) is 2.80. The maximum atomic E-state index is 12.4. The van der Waals surface area contributed by atoms with Gasteiger partial charge in [0.2, 0.25) is 11.8 Å². The van der Waals surface area contributed by atoms with Gasteiger partial charge in [0.25, 0.3) is 0 Å². The maximum absolute atomic E-state index is 12.4. The van der Waals surface area contributed by atoms with Crippen LogP contribution in [0.15, 0.2) is 18.2 Å². The lowest BCUT2D eigenvalue weighted by molar-refractivity contribution is -0.274. The summed E-state index contributed by atoms with van der Waals surface area (Å²) in [4.78, 5) is 29.8. The monoisotopic (exact) mass is 388 g/mol. The summed E-state index contributed by atoms with van der Waals surface area (Å²) in [6.45, 7) is 0.291. The number of alkyl halides is 3. The zero-order valence-electron chi connectivity index (χ0n) is 13.4. The molecule has 2 heterocycles. The molecule has 3 rings (SSSR count). The zero-order chi connectivity index (χ0) is 18.9. The normalized spacial score (nSPS) is 17.5. The van der Waals surface area contributed by atoms with E-state index in [9.17, 15) is 22.8 Å². The lowest BCUT2D eigenvalue weighted by Crippen LogP contribution is -2.45. The van der Waals surface area contributed by atoms with Crippen LogP contribution in [0.2, 0.25) is 0 Å². The second-order valence-electron chi connectivity index (χ2n) is 5.63. The van der Waals surface area contributed by atoms with E-state index in [1.807, 2.05) is 0 Å². The Labute approximate surface area is 149 Å². The fourth-order valence-corrected chi connectivity index (χ4v) is 3.70. The van der Waals surface area contributed by atoms with Crippen molar-refractivity contribution in [2.45, 2.75) is 25.2 Å². The molecule has 1 atom stereocenters. The SMILES string of the molecule is NCC(=O)N1CCC[C@@H]1C(=O)Nc1nc2ccc(OC(F)(F)F)cc2s1. The molecule has 0 saturated carbocycles. The highest BCUT2D eigenvalue weighted by atomic mass is 32.1. The van der Waals surface area contributed by atoms with Crippen LogP contribution >= 0.6 is 11.3 Å². The van der Waals surface area contributed by atoms with Crippen LogP contribution in [0.3, 0.4) is 0 Å². The molecule has 1 aliphatic rings. The predicted molar refractivity (Wildman–Crippen MR) is 88.7 cm³/mol. The number of hydrogen-bond donors (Lipinski definition) is 2. The Bertz CT molecular complexity index is 839. The number of nitrogens with zero attached hydrogens (tertiary/aromatic N) is 2. The van der Waals surface area contributed by atoms with Crippen molar-refractivity contribution in [1.82, 2.24) is 9.88 Å². The van der Waals surface area contributed by atoms with E-state index in [0.717, 1.165) is 17.4 Å². The van der Waals surface area contributed by atoms with Crippen LogP contribution < -0.4 is 15.8 Å². The van der Waals surface area contributed by atoms with E-state index in [0.29, 0.717) is 29.6 Å². The molecule has 0 spiro atoms. The van der Waals surface area contributed by atoms with E-state index >= 15 is 0 Å². The Kier molecular flexibility index (Phi) is 5.01. The van der Waals surface area contributed by atoms with E-state index in [4.69, 9.17) is 5.73 Å². The second kappa shape index (κ2) is 7.08. The number of amides is 2. The summed E-state index contributed by atoms with van der Waals surface area (Å²) in [5.41, 5.74) is 5.78. The third kappa shape index (κ3) is 4.05. The van der Waals surface area contributed by atoms with Gasteiger partial charge in [-0.25, -0.2) is 4.98 Å². The number of carbonyl (C=O) groups excluding carboxylic acids is 2. The number of rotatable bonds is 4. The Balaban J connectivity index is 1.74. The van der Waals surface area contributed by atoms with Gasteiger partial charge in [-0.3, -0.25) is 9.59 Å². The number of halogens is 3. The molecule has 140 valence electrons. The molecule has 7 nitrogen and oxygen atoms in total. The van der Waals surface area contributed by atoms with Gasteiger partial charge >= 0.3 is 6.36 Å². The van der Waals surface area contributed by atoms with Crippen LogP contribution in [0.4, 0.5) is 18.3 Å². The van der Waals surface area contributed by atoms with Crippen LogP contribution in [-0.4, -0.2) is 47.2 Å². The highest BCUT2D eigenvalue weighted by Gasteiger charge is 2.34. The molecule has 1 aromatic carbocycles.